The molecule has 1 aliphatic rings. The number of carbonyl (C=O) groups excluding carboxylic acids is 3. The van der Waals surface area contributed by atoms with Gasteiger partial charge in [0, 0.05) is 25.0 Å². The van der Waals surface area contributed by atoms with Crippen molar-refractivity contribution in [1.82, 2.24) is 15.2 Å². The topological polar surface area (TPSA) is 115 Å². The van der Waals surface area contributed by atoms with E-state index in [4.69, 9.17) is 10.5 Å². The maximum Gasteiger partial charge on any atom is 0.411 e. The molecule has 0 aliphatic carbocycles. The summed E-state index contributed by atoms with van der Waals surface area (Å²) in [7, 11) is 0. The van der Waals surface area contributed by atoms with Crippen LogP contribution in [0.25, 0.3) is 0 Å². The maximum absolute atomic E-state index is 12.3. The van der Waals surface area contributed by atoms with Crippen LogP contribution in [-0.2, 0) is 9.53 Å². The van der Waals surface area contributed by atoms with Gasteiger partial charge >= 0.3 is 6.09 Å². The second-order valence-corrected chi connectivity index (χ2v) is 6.70. The van der Waals surface area contributed by atoms with Crippen molar-refractivity contribution in [2.75, 3.05) is 6.54 Å². The van der Waals surface area contributed by atoms with Gasteiger partial charge < -0.3 is 15.8 Å². The monoisotopic (exact) mass is 334 g/mol. The predicted octanol–water partition coefficient (Wildman–Crippen LogP) is 0.675. The van der Waals surface area contributed by atoms with Crippen LogP contribution in [0, 0.1) is 0 Å². The van der Waals surface area contributed by atoms with E-state index in [1.54, 1.807) is 39.1 Å². The fourth-order valence-corrected chi connectivity index (χ4v) is 2.50. The fraction of sp³-hybridized carbons (Fsp3) is 0.500. The zero-order chi connectivity index (χ0) is 17.9. The Bertz CT molecular complexity index is 627. The molecule has 1 saturated heterocycles. The normalized spacial score (nSPS) is 20.5. The Morgan fingerprint density at radius 3 is 2.62 bits per heavy atom. The van der Waals surface area contributed by atoms with E-state index < -0.39 is 23.6 Å². The Balaban J connectivity index is 2.05. The molecular formula is C16H22N4O4. The first-order valence-electron chi connectivity index (χ1n) is 7.67. The van der Waals surface area contributed by atoms with E-state index in [0.717, 1.165) is 0 Å². The highest BCUT2D eigenvalue weighted by Crippen LogP contribution is 2.21. The van der Waals surface area contributed by atoms with Crippen LogP contribution in [0.2, 0.25) is 0 Å². The van der Waals surface area contributed by atoms with Crippen molar-refractivity contribution in [2.24, 2.45) is 5.73 Å². The average Bonchev–Trinajstić information content (AvgIpc) is 2.90. The molecule has 1 aliphatic heterocycles. The third-order valence-corrected chi connectivity index (χ3v) is 3.52. The summed E-state index contributed by atoms with van der Waals surface area (Å²) in [6, 6.07) is 2.10. The highest BCUT2D eigenvalue weighted by atomic mass is 16.6. The number of nitrogens with one attached hydrogen (secondary N) is 1. The zero-order valence-corrected chi connectivity index (χ0v) is 14.0. The lowest BCUT2D eigenvalue weighted by Crippen LogP contribution is -2.46. The van der Waals surface area contributed by atoms with Gasteiger partial charge in [0.2, 0.25) is 5.91 Å². The number of amides is 3. The molecule has 1 fully saturated rings. The average molecular weight is 334 g/mol. The number of ether oxygens (including phenoxy) is 1. The molecule has 8 heteroatoms. The lowest BCUT2D eigenvalue weighted by atomic mass is 10.1. The van der Waals surface area contributed by atoms with Crippen molar-refractivity contribution in [2.45, 2.75) is 44.9 Å². The Labute approximate surface area is 140 Å². The van der Waals surface area contributed by atoms with E-state index in [-0.39, 0.29) is 24.9 Å². The zero-order valence-electron chi connectivity index (χ0n) is 14.0. The van der Waals surface area contributed by atoms with Crippen LogP contribution in [-0.4, -0.2) is 52.0 Å². The molecular weight excluding hydrogens is 312 g/mol. The second-order valence-electron chi connectivity index (χ2n) is 6.70. The van der Waals surface area contributed by atoms with Crippen LogP contribution < -0.4 is 11.1 Å². The molecule has 0 radical (unpaired) electrons. The van der Waals surface area contributed by atoms with Crippen molar-refractivity contribution in [3.8, 4) is 0 Å². The van der Waals surface area contributed by atoms with Gasteiger partial charge in [0.05, 0.1) is 5.56 Å². The molecule has 2 heterocycles. The molecule has 0 unspecified atom stereocenters. The molecule has 0 bridgehead atoms. The molecule has 8 nitrogen and oxygen atoms in total. The summed E-state index contributed by atoms with van der Waals surface area (Å²) in [6.45, 7) is 5.38. The molecule has 0 spiro atoms. The van der Waals surface area contributed by atoms with Crippen LogP contribution in [0.5, 0.6) is 0 Å². The lowest BCUT2D eigenvalue weighted by Gasteiger charge is -2.27. The van der Waals surface area contributed by atoms with E-state index in [2.05, 4.69) is 10.3 Å². The number of nitrogens with two attached hydrogens (primary N) is 1. The van der Waals surface area contributed by atoms with E-state index in [1.165, 1.54) is 11.1 Å². The van der Waals surface area contributed by atoms with Gasteiger partial charge in [-0.15, -0.1) is 0 Å². The molecule has 24 heavy (non-hydrogen) atoms. The molecule has 1 aromatic rings. The second kappa shape index (κ2) is 6.86. The van der Waals surface area contributed by atoms with E-state index in [0.29, 0.717) is 5.56 Å². The number of likely N-dealkylation sites (tertiary alicyclic amines) is 1. The molecule has 3 N–H and O–H groups in total. The number of hydrogen-bond acceptors (Lipinski definition) is 5. The number of rotatable bonds is 3. The Hall–Kier alpha value is -2.64. The molecule has 130 valence electrons. The summed E-state index contributed by atoms with van der Waals surface area (Å²) < 4.78 is 5.30. The van der Waals surface area contributed by atoms with Gasteiger partial charge in [-0.05, 0) is 39.3 Å². The van der Waals surface area contributed by atoms with Crippen LogP contribution >= 0.6 is 0 Å². The number of hydrogen-bond donors (Lipinski definition) is 2. The van der Waals surface area contributed by atoms with Gasteiger partial charge in [-0.1, -0.05) is 0 Å². The first-order valence-corrected chi connectivity index (χ1v) is 7.67. The van der Waals surface area contributed by atoms with E-state index in [1.807, 2.05) is 0 Å². The summed E-state index contributed by atoms with van der Waals surface area (Å²) in [5, 5.41) is 2.79. The standard InChI is InChI=1S/C16H22N4O4/c1-16(2,3)24-15(23)20-9-11(7-12(20)13(17)21)19-14(22)10-5-4-6-18-8-10/h4-6,8,11-12H,7,9H2,1-3H3,(H2,17,21)(H,19,22)/t11-,12+/m1/s1. The van der Waals surface area contributed by atoms with Crippen LogP contribution in [0.1, 0.15) is 37.6 Å². The Kier molecular flexibility index (Phi) is 5.06. The van der Waals surface area contributed by atoms with Gasteiger partial charge in [0.1, 0.15) is 11.6 Å². The Morgan fingerprint density at radius 1 is 1.38 bits per heavy atom. The number of primary amides is 1. The summed E-state index contributed by atoms with van der Waals surface area (Å²) >= 11 is 0. The summed E-state index contributed by atoms with van der Waals surface area (Å²) in [5.74, 6) is -0.943. The molecule has 2 rings (SSSR count). The molecule has 0 aromatic carbocycles. The van der Waals surface area contributed by atoms with Gasteiger partial charge in [-0.25, -0.2) is 4.79 Å². The van der Waals surface area contributed by atoms with Crippen molar-refractivity contribution in [3.63, 3.8) is 0 Å². The third kappa shape index (κ3) is 4.43. The molecule has 3 amide bonds. The molecule has 2 atom stereocenters. The summed E-state index contributed by atoms with van der Waals surface area (Å²) in [5.41, 5.74) is 5.10. The lowest BCUT2D eigenvalue weighted by molar-refractivity contribution is -0.122. The minimum Gasteiger partial charge on any atom is -0.444 e. The van der Waals surface area contributed by atoms with Crippen molar-refractivity contribution in [1.29, 1.82) is 0 Å². The van der Waals surface area contributed by atoms with Crippen molar-refractivity contribution in [3.05, 3.63) is 30.1 Å². The van der Waals surface area contributed by atoms with Crippen molar-refractivity contribution >= 4 is 17.9 Å². The van der Waals surface area contributed by atoms with Gasteiger partial charge in [0.15, 0.2) is 0 Å². The minimum atomic E-state index is -0.806. The molecule has 0 saturated carbocycles. The number of carbonyl (C=O) groups is 3. The number of pyridine rings is 1. The van der Waals surface area contributed by atoms with Crippen LogP contribution in [0.15, 0.2) is 24.5 Å². The minimum absolute atomic E-state index is 0.161. The highest BCUT2D eigenvalue weighted by molar-refractivity contribution is 5.94. The van der Waals surface area contributed by atoms with Crippen LogP contribution in [0.4, 0.5) is 4.79 Å². The van der Waals surface area contributed by atoms with Gasteiger partial charge in [-0.2, -0.15) is 0 Å². The first kappa shape index (κ1) is 17.7. The highest BCUT2D eigenvalue weighted by Gasteiger charge is 2.41. The van der Waals surface area contributed by atoms with Crippen molar-refractivity contribution < 1.29 is 19.1 Å². The fourth-order valence-electron chi connectivity index (χ4n) is 2.50. The summed E-state index contributed by atoms with van der Waals surface area (Å²) in [4.78, 5) is 41.2. The summed E-state index contributed by atoms with van der Waals surface area (Å²) in [6.07, 6.45) is 2.64. The van der Waals surface area contributed by atoms with E-state index >= 15 is 0 Å². The number of aromatic nitrogens is 1. The smallest absolute Gasteiger partial charge is 0.411 e. The Morgan fingerprint density at radius 2 is 2.08 bits per heavy atom. The van der Waals surface area contributed by atoms with Gasteiger partial charge in [-0.3, -0.25) is 19.5 Å². The first-order chi connectivity index (χ1) is 11.2. The maximum atomic E-state index is 12.3. The molecule has 1 aromatic heterocycles. The SMILES string of the molecule is CC(C)(C)OC(=O)N1C[C@H](NC(=O)c2cccnc2)C[C@H]1C(N)=O. The quantitative estimate of drug-likeness (QED) is 0.843. The third-order valence-electron chi connectivity index (χ3n) is 3.52. The van der Waals surface area contributed by atoms with Gasteiger partial charge in [0.25, 0.3) is 5.91 Å². The van der Waals surface area contributed by atoms with Crippen LogP contribution in [0.3, 0.4) is 0 Å². The van der Waals surface area contributed by atoms with E-state index in [9.17, 15) is 14.4 Å². The number of nitrogens with zero attached hydrogens (tertiary/aromatic N) is 2. The predicted molar refractivity (Wildman–Crippen MR) is 86.0 cm³/mol. The largest absolute Gasteiger partial charge is 0.444 e.